The summed E-state index contributed by atoms with van der Waals surface area (Å²) < 4.78 is 5.56. The number of nitrogens with one attached hydrogen (secondary N) is 1. The molecule has 0 aromatic heterocycles. The zero-order chi connectivity index (χ0) is 9.36. The van der Waals surface area contributed by atoms with Gasteiger partial charge in [0.1, 0.15) is 0 Å². The van der Waals surface area contributed by atoms with E-state index < -0.39 is 0 Å². The highest BCUT2D eigenvalue weighted by molar-refractivity contribution is 4.68. The summed E-state index contributed by atoms with van der Waals surface area (Å²) in [5, 5.41) is 3.14. The lowest BCUT2D eigenvalue weighted by Crippen LogP contribution is -2.14. The smallest absolute Gasteiger partial charge is 0.0468 e. The van der Waals surface area contributed by atoms with Gasteiger partial charge in [0, 0.05) is 13.2 Å². The lowest BCUT2D eigenvalue weighted by molar-refractivity contribution is 0.104. The van der Waals surface area contributed by atoms with Crippen molar-refractivity contribution in [3.63, 3.8) is 0 Å². The van der Waals surface area contributed by atoms with Crippen LogP contribution in [0.2, 0.25) is 0 Å². The van der Waals surface area contributed by atoms with Crippen molar-refractivity contribution in [3.8, 4) is 0 Å². The van der Waals surface area contributed by atoms with E-state index in [2.05, 4.69) is 5.32 Å². The molecule has 1 rings (SSSR count). The Morgan fingerprint density at radius 1 is 1.23 bits per heavy atom. The fourth-order valence-electron chi connectivity index (χ4n) is 1.64. The molecule has 0 atom stereocenters. The van der Waals surface area contributed by atoms with Gasteiger partial charge in [-0.3, -0.25) is 0 Å². The van der Waals surface area contributed by atoms with E-state index in [-0.39, 0.29) is 0 Å². The van der Waals surface area contributed by atoms with Crippen LogP contribution in [0.3, 0.4) is 0 Å². The molecule has 0 amide bonds. The number of rotatable bonds is 8. The van der Waals surface area contributed by atoms with Gasteiger partial charge in [0.25, 0.3) is 0 Å². The fourth-order valence-corrected chi connectivity index (χ4v) is 1.64. The van der Waals surface area contributed by atoms with Crippen LogP contribution in [0.15, 0.2) is 0 Å². The Hall–Kier alpha value is -0.0800. The average molecular weight is 185 g/mol. The zero-order valence-electron chi connectivity index (χ0n) is 8.85. The van der Waals surface area contributed by atoms with Crippen molar-refractivity contribution in [2.75, 3.05) is 26.8 Å². The Bertz CT molecular complexity index is 113. The Kier molecular flexibility index (Phi) is 6.21. The molecule has 0 aromatic rings. The molecule has 0 unspecified atom stereocenters. The maximum atomic E-state index is 5.56. The Labute approximate surface area is 82.0 Å². The van der Waals surface area contributed by atoms with Crippen molar-refractivity contribution in [2.45, 2.75) is 38.5 Å². The van der Waals surface area contributed by atoms with Crippen LogP contribution in [0.1, 0.15) is 38.5 Å². The molecule has 0 spiro atoms. The molecule has 2 nitrogen and oxygen atoms in total. The predicted octanol–water partition coefficient (Wildman–Crippen LogP) is 2.19. The molecule has 0 bridgehead atoms. The van der Waals surface area contributed by atoms with Gasteiger partial charge < -0.3 is 10.1 Å². The van der Waals surface area contributed by atoms with E-state index in [1.807, 2.05) is 7.05 Å². The van der Waals surface area contributed by atoms with Crippen molar-refractivity contribution in [2.24, 2.45) is 5.92 Å². The lowest BCUT2D eigenvalue weighted by atomic mass is 9.83. The Morgan fingerprint density at radius 2 is 2.08 bits per heavy atom. The van der Waals surface area contributed by atoms with E-state index in [0.29, 0.717) is 0 Å². The van der Waals surface area contributed by atoms with Gasteiger partial charge in [0.15, 0.2) is 0 Å². The molecule has 0 radical (unpaired) electrons. The summed E-state index contributed by atoms with van der Waals surface area (Å²) in [6.07, 6.45) is 8.08. The minimum atomic E-state index is 0.953. The third-order valence-corrected chi connectivity index (χ3v) is 2.86. The highest BCUT2D eigenvalue weighted by atomic mass is 16.5. The largest absolute Gasteiger partial charge is 0.381 e. The third kappa shape index (κ3) is 5.27. The van der Waals surface area contributed by atoms with Gasteiger partial charge in [0.05, 0.1) is 0 Å². The molecule has 0 saturated heterocycles. The monoisotopic (exact) mass is 185 g/mol. The number of hydrogen-bond acceptors (Lipinski definition) is 2. The topological polar surface area (TPSA) is 21.3 Å². The van der Waals surface area contributed by atoms with E-state index in [1.165, 1.54) is 38.5 Å². The van der Waals surface area contributed by atoms with Crippen LogP contribution in [0.25, 0.3) is 0 Å². The normalized spacial score (nSPS) is 17.3. The summed E-state index contributed by atoms with van der Waals surface area (Å²) in [5.41, 5.74) is 0. The maximum absolute atomic E-state index is 5.56. The third-order valence-electron chi connectivity index (χ3n) is 2.86. The van der Waals surface area contributed by atoms with Crippen molar-refractivity contribution >= 4 is 0 Å². The van der Waals surface area contributed by atoms with Crippen LogP contribution < -0.4 is 5.32 Å². The minimum Gasteiger partial charge on any atom is -0.381 e. The average Bonchev–Trinajstić information content (AvgIpc) is 2.07. The Balaban J connectivity index is 1.68. The second-order valence-electron chi connectivity index (χ2n) is 4.01. The highest BCUT2D eigenvalue weighted by Gasteiger charge is 2.16. The molecule has 1 saturated carbocycles. The minimum absolute atomic E-state index is 0.953. The molecule has 13 heavy (non-hydrogen) atoms. The molecule has 0 aliphatic heterocycles. The van der Waals surface area contributed by atoms with Crippen LogP contribution >= 0.6 is 0 Å². The van der Waals surface area contributed by atoms with Crippen LogP contribution in [0.4, 0.5) is 0 Å². The quantitative estimate of drug-likeness (QED) is 0.585. The first-order chi connectivity index (χ1) is 6.43. The van der Waals surface area contributed by atoms with Crippen LogP contribution in [-0.2, 0) is 4.74 Å². The summed E-state index contributed by atoms with van der Waals surface area (Å²) in [6, 6.07) is 0. The number of ether oxygens (including phenoxy) is 1. The van der Waals surface area contributed by atoms with Gasteiger partial charge in [-0.1, -0.05) is 19.3 Å². The predicted molar refractivity (Wildman–Crippen MR) is 55.9 cm³/mol. The molecule has 1 aliphatic carbocycles. The van der Waals surface area contributed by atoms with E-state index in [1.54, 1.807) is 0 Å². The summed E-state index contributed by atoms with van der Waals surface area (Å²) >= 11 is 0. The van der Waals surface area contributed by atoms with E-state index in [9.17, 15) is 0 Å². The first kappa shape index (κ1) is 11.0. The van der Waals surface area contributed by atoms with Crippen LogP contribution in [0.5, 0.6) is 0 Å². The molecule has 0 aromatic carbocycles. The van der Waals surface area contributed by atoms with Gasteiger partial charge in [-0.05, 0) is 38.8 Å². The fraction of sp³-hybridized carbons (Fsp3) is 1.00. The van der Waals surface area contributed by atoms with Crippen molar-refractivity contribution in [3.05, 3.63) is 0 Å². The second-order valence-corrected chi connectivity index (χ2v) is 4.01. The lowest BCUT2D eigenvalue weighted by Gasteiger charge is -2.24. The van der Waals surface area contributed by atoms with E-state index >= 15 is 0 Å². The van der Waals surface area contributed by atoms with Crippen molar-refractivity contribution < 1.29 is 4.74 Å². The van der Waals surface area contributed by atoms with Gasteiger partial charge in [-0.15, -0.1) is 0 Å². The summed E-state index contributed by atoms with van der Waals surface area (Å²) in [7, 11) is 2.00. The molecule has 78 valence electrons. The van der Waals surface area contributed by atoms with Gasteiger partial charge >= 0.3 is 0 Å². The molecular formula is C11H23NO. The van der Waals surface area contributed by atoms with Crippen LogP contribution in [-0.4, -0.2) is 26.8 Å². The zero-order valence-corrected chi connectivity index (χ0v) is 8.85. The van der Waals surface area contributed by atoms with E-state index in [0.717, 1.165) is 25.7 Å². The van der Waals surface area contributed by atoms with Gasteiger partial charge in [-0.25, -0.2) is 0 Å². The molecule has 1 aliphatic rings. The first-order valence-electron chi connectivity index (χ1n) is 5.66. The van der Waals surface area contributed by atoms with Gasteiger partial charge in [0.2, 0.25) is 0 Å². The summed E-state index contributed by atoms with van der Waals surface area (Å²) in [5.74, 6) is 0.998. The van der Waals surface area contributed by atoms with Gasteiger partial charge in [-0.2, -0.15) is 0 Å². The maximum Gasteiger partial charge on any atom is 0.0468 e. The standard InChI is InChI=1S/C11H23NO/c1-12-8-2-3-9-13-10-7-11-5-4-6-11/h11-12H,2-10H2,1H3. The second kappa shape index (κ2) is 7.34. The number of unbranched alkanes of at least 4 members (excludes halogenated alkanes) is 1. The summed E-state index contributed by atoms with van der Waals surface area (Å²) in [4.78, 5) is 0. The first-order valence-corrected chi connectivity index (χ1v) is 5.66. The SMILES string of the molecule is CNCCCCOCCC1CCC1. The highest BCUT2D eigenvalue weighted by Crippen LogP contribution is 2.28. The molecule has 1 N–H and O–H groups in total. The molecule has 0 heterocycles. The molecular weight excluding hydrogens is 162 g/mol. The number of hydrogen-bond donors (Lipinski definition) is 1. The van der Waals surface area contributed by atoms with E-state index in [4.69, 9.17) is 4.74 Å². The van der Waals surface area contributed by atoms with Crippen LogP contribution in [0, 0.1) is 5.92 Å². The summed E-state index contributed by atoms with van der Waals surface area (Å²) in [6.45, 7) is 3.06. The van der Waals surface area contributed by atoms with Crippen molar-refractivity contribution in [1.82, 2.24) is 5.32 Å². The Morgan fingerprint density at radius 3 is 2.69 bits per heavy atom. The molecule has 1 fully saturated rings. The van der Waals surface area contributed by atoms with Crippen molar-refractivity contribution in [1.29, 1.82) is 0 Å². The molecule has 2 heteroatoms.